The molecule has 0 aromatic carbocycles. The van der Waals surface area contributed by atoms with E-state index in [2.05, 4.69) is 82.0 Å². The van der Waals surface area contributed by atoms with E-state index in [9.17, 15) is 110 Å². The van der Waals surface area contributed by atoms with E-state index in [1.807, 2.05) is 111 Å². The van der Waals surface area contributed by atoms with E-state index in [1.165, 1.54) is 6.92 Å². The van der Waals surface area contributed by atoms with E-state index < -0.39 is 93.4 Å². The van der Waals surface area contributed by atoms with Gasteiger partial charge in [0.2, 0.25) is 29.5 Å². The Balaban J connectivity index is -0.000000214. The molecule has 876 valence electrons. The molecule has 0 rings (SSSR count). The van der Waals surface area contributed by atoms with E-state index >= 15 is 0 Å². The van der Waals surface area contributed by atoms with E-state index in [-0.39, 0.29) is 147 Å². The molecule has 0 aromatic rings. The van der Waals surface area contributed by atoms with Gasteiger partial charge < -0.3 is 103 Å². The standard InChI is InChI=1S/C16H27NO4.3C15H32N2O4S.C14H23NO4.C13H20O5.3C4H11O3P/c1-5-16(3,4)15(21)17-10-8-6-7-9-13(18)11-12(2)14(19)20;3*1-6-15(2,3)14(18)16-10-9-12-17(4,5)11-7-8-13-22(19,20)21;1-5-14(3,4)13(19)15-8-6-7-11(16)9-10(2)12(17)18;1-4-9(2)13(17)18-7-5-6-11(14)8-10(3)12(15)16;3*1-3-4(2)8(5,6)7/h2,5-11H2,1,3-4H3,(H,17,21)(H,19,20);3*6-13H2,1-5H3,(H-,16,18,19,20,21);2,5-9H2,1,3-4H3,(H,15,19)(H,17,18);8-9H,4-7H2,1-3H3,(H,15,16);3*4H,3H2,1-2H3,(H2,5,6,7)/b;;;;;10-8-;;;. The van der Waals surface area contributed by atoms with Gasteiger partial charge in [0.05, 0.1) is 141 Å². The Morgan fingerprint density at radius 1 is 0.351 bits per heavy atom. The van der Waals surface area contributed by atoms with Crippen molar-refractivity contribution in [1.82, 2.24) is 26.6 Å². The topological polar surface area (TPSA) is 679 Å². The van der Waals surface area contributed by atoms with Crippen LogP contribution in [-0.2, 0) is 106 Å². The molecule has 5 amide bonds. The number of rotatable bonds is 67. The number of Topliss-reactive ketones (excluding diaryl/α,β-unsaturated/α-hetero) is 2. The van der Waals surface area contributed by atoms with Crippen molar-refractivity contribution in [2.45, 2.75) is 363 Å². The van der Waals surface area contributed by atoms with Crippen molar-refractivity contribution in [2.24, 2.45) is 33.0 Å². The molecule has 0 radical (unpaired) electrons. The summed E-state index contributed by atoms with van der Waals surface area (Å²) >= 11 is 0. The summed E-state index contributed by atoms with van der Waals surface area (Å²) in [5.41, 5.74) is -3.31. The highest BCUT2D eigenvalue weighted by Crippen LogP contribution is 2.44. The quantitative estimate of drug-likeness (QED) is 0.00671. The fourth-order valence-corrected chi connectivity index (χ4v) is 14.0. The Morgan fingerprint density at radius 3 is 0.797 bits per heavy atom. The van der Waals surface area contributed by atoms with E-state index in [0.29, 0.717) is 116 Å². The van der Waals surface area contributed by atoms with Gasteiger partial charge in [-0.3, -0.25) is 56.8 Å². The van der Waals surface area contributed by atoms with Crippen LogP contribution in [0, 0.1) is 33.0 Å². The number of ether oxygens (including phenoxy) is 1. The van der Waals surface area contributed by atoms with Gasteiger partial charge in [0.1, 0.15) is 11.6 Å². The van der Waals surface area contributed by atoms with Crippen LogP contribution in [0.1, 0.15) is 346 Å². The highest BCUT2D eigenvalue weighted by atomic mass is 32.2. The molecule has 42 nitrogen and oxygen atoms in total. The summed E-state index contributed by atoms with van der Waals surface area (Å²) in [6, 6.07) is 0. The summed E-state index contributed by atoms with van der Waals surface area (Å²) in [4.78, 5) is 187. The summed E-state index contributed by atoms with van der Waals surface area (Å²) in [6.07, 6.45) is 17.2. The second kappa shape index (κ2) is 80.3. The Hall–Kier alpha value is -6.48. The number of aliphatic carboxylic acids is 3. The van der Waals surface area contributed by atoms with Crippen LogP contribution >= 0.6 is 22.8 Å². The summed E-state index contributed by atoms with van der Waals surface area (Å²) in [5, 5.41) is 40.3. The van der Waals surface area contributed by atoms with Gasteiger partial charge in [0.15, 0.2) is 5.78 Å². The maximum absolute atomic E-state index is 11.9. The second-order valence-electron chi connectivity index (χ2n) is 42.5. The molecule has 48 heteroatoms. The molecule has 0 aliphatic rings. The lowest BCUT2D eigenvalue weighted by molar-refractivity contribution is -0.890. The summed E-state index contributed by atoms with van der Waals surface area (Å²) in [5.74, 6) is -4.87. The smallest absolute Gasteiger partial charge is 0.331 e. The largest absolute Gasteiger partial charge is 0.748 e. The lowest BCUT2D eigenvalue weighted by Gasteiger charge is -2.30. The number of nitrogens with one attached hydrogen (secondary N) is 5. The Kier molecular flexibility index (Phi) is 86.4. The van der Waals surface area contributed by atoms with Crippen molar-refractivity contribution < 1.29 is 173 Å². The first kappa shape index (κ1) is 159. The fraction of sp³-hybridized carbons (Fsp3) is 0.820. The lowest BCUT2D eigenvalue weighted by Crippen LogP contribution is -2.43. The molecular formula is C100H199N8O34P3S3. The van der Waals surface area contributed by atoms with E-state index in [1.54, 1.807) is 48.5 Å². The molecule has 0 saturated heterocycles. The third-order valence-corrected chi connectivity index (χ3v) is 32.1. The SMILES string of the molecule is C=C(CC(=O)CCCCCNC(=O)C(C)(C)CC)C(=O)O.C=C(CC(=O)CCCNC(=O)C(C)(C)CC)C(=O)O.CCC(C)(C)C(=O)NCCC[N+](C)(C)CCCCS(=O)(=O)[O-].CCC(C)(C)C(=O)NCCC[N+](C)(C)CCCCS(=O)(=O)[O-].CCC(C)(C)C(=O)NCCC[N+](C)(C)CCCCS(=O)(=O)[O-].CCC(C)C(=O)OCCCC(=O)/C=C(/C)C(=O)O.CCC(C)P(=O)(O)O.CCC(C)P(=O)(O)O.CCC(C)P(=O)(O)O. The van der Waals surface area contributed by atoms with Crippen LogP contribution in [0.2, 0.25) is 0 Å². The van der Waals surface area contributed by atoms with Gasteiger partial charge in [-0.2, -0.15) is 0 Å². The molecule has 0 bridgehead atoms. The average molecular weight is 2250 g/mol. The zero-order valence-corrected chi connectivity index (χ0v) is 100. The van der Waals surface area contributed by atoms with Crippen LogP contribution in [0.25, 0.3) is 0 Å². The summed E-state index contributed by atoms with van der Waals surface area (Å²) in [7, 11) is -11.1. The fourth-order valence-electron chi connectivity index (χ4n) is 10.9. The van der Waals surface area contributed by atoms with Crippen LogP contribution in [0.15, 0.2) is 36.0 Å². The minimum atomic E-state index is -4.09. The third kappa shape index (κ3) is 96.5. The second-order valence-corrected chi connectivity index (χ2v) is 53.2. The Morgan fingerprint density at radius 2 is 0.588 bits per heavy atom. The van der Waals surface area contributed by atoms with Crippen molar-refractivity contribution in [3.05, 3.63) is 36.0 Å². The van der Waals surface area contributed by atoms with Gasteiger partial charge in [0.25, 0.3) is 0 Å². The first-order valence-corrected chi connectivity index (χ1v) is 61.0. The number of carbonyl (C=O) groups excluding carboxylic acids is 9. The van der Waals surface area contributed by atoms with Crippen LogP contribution in [0.5, 0.6) is 0 Å². The van der Waals surface area contributed by atoms with Gasteiger partial charge >= 0.3 is 46.7 Å². The van der Waals surface area contributed by atoms with Gasteiger partial charge in [-0.1, -0.05) is 179 Å². The molecule has 148 heavy (non-hydrogen) atoms. The number of hydrogen-bond acceptors (Lipinski definition) is 25. The Labute approximate surface area is 888 Å². The first-order chi connectivity index (χ1) is 66.9. The normalized spacial score (nSPS) is 13.0. The molecule has 14 N–H and O–H groups in total. The highest BCUT2D eigenvalue weighted by Gasteiger charge is 2.31. The maximum Gasteiger partial charge on any atom is 0.331 e. The predicted octanol–water partition coefficient (Wildman–Crippen LogP) is 13.5. The summed E-state index contributed by atoms with van der Waals surface area (Å²) < 4.78 is 133. The van der Waals surface area contributed by atoms with Crippen molar-refractivity contribution >= 4 is 124 Å². The first-order valence-electron chi connectivity index (χ1n) is 51.2. The van der Waals surface area contributed by atoms with Crippen LogP contribution < -0.4 is 26.6 Å². The number of allylic oxidation sites excluding steroid dienone is 1. The molecule has 0 heterocycles. The molecule has 0 fully saturated rings. The zero-order valence-electron chi connectivity index (χ0n) is 95.3. The zero-order chi connectivity index (χ0) is 118. The molecule has 4 unspecified atom stereocenters. The van der Waals surface area contributed by atoms with Gasteiger partial charge in [0, 0.05) is 145 Å². The van der Waals surface area contributed by atoms with Crippen LogP contribution in [-0.4, -0.2) is 323 Å². The molecule has 0 aliphatic carbocycles. The molecular weight excluding hydrogens is 2050 g/mol. The monoisotopic (exact) mass is 2250 g/mol. The number of carbonyl (C=O) groups is 12. The van der Waals surface area contributed by atoms with Crippen LogP contribution in [0.4, 0.5) is 0 Å². The Bertz CT molecular complexity index is 4200. The molecule has 4 atom stereocenters. The van der Waals surface area contributed by atoms with E-state index in [4.69, 9.17) is 49.4 Å². The van der Waals surface area contributed by atoms with Gasteiger partial charge in [-0.15, -0.1) is 0 Å². The van der Waals surface area contributed by atoms with Crippen molar-refractivity contribution in [3.8, 4) is 0 Å². The number of ketones is 3. The number of carboxylic acids is 3. The molecule has 0 aliphatic heterocycles. The van der Waals surface area contributed by atoms with E-state index in [0.717, 1.165) is 129 Å². The number of unbranched alkanes of at least 4 members (excludes halogenated alkanes) is 5. The lowest BCUT2D eigenvalue weighted by atomic mass is 9.89. The van der Waals surface area contributed by atoms with Crippen molar-refractivity contribution in [1.29, 1.82) is 0 Å². The number of quaternary nitrogens is 3. The predicted molar refractivity (Wildman–Crippen MR) is 578 cm³/mol. The van der Waals surface area contributed by atoms with Crippen LogP contribution in [0.3, 0.4) is 0 Å². The number of amides is 5. The highest BCUT2D eigenvalue weighted by molar-refractivity contribution is 7.86. The van der Waals surface area contributed by atoms with Crippen molar-refractivity contribution in [2.75, 3.05) is 138 Å². The molecule has 0 aromatic heterocycles. The van der Waals surface area contributed by atoms with Crippen molar-refractivity contribution in [3.63, 3.8) is 0 Å². The number of carboxylic acid groups (broad SMARTS) is 3. The number of hydrogen-bond donors (Lipinski definition) is 14. The molecule has 0 saturated carbocycles. The maximum atomic E-state index is 11.9. The minimum absolute atomic E-state index is 0.0107. The summed E-state index contributed by atoms with van der Waals surface area (Å²) in [6.45, 7) is 59.0. The molecule has 0 spiro atoms. The van der Waals surface area contributed by atoms with Gasteiger partial charge in [-0.05, 0) is 135 Å². The minimum Gasteiger partial charge on any atom is -0.748 e. The number of nitrogens with zero attached hydrogens (tertiary/aromatic N) is 3. The van der Waals surface area contributed by atoms with Gasteiger partial charge in [-0.25, -0.2) is 39.6 Å². The third-order valence-electron chi connectivity index (χ3n) is 25.2. The number of esters is 1. The average Bonchev–Trinajstić information content (AvgIpc) is 0.889.